The first-order valence-corrected chi connectivity index (χ1v) is 6.12. The molecule has 0 spiro atoms. The van der Waals surface area contributed by atoms with Gasteiger partial charge in [0.1, 0.15) is 0 Å². The summed E-state index contributed by atoms with van der Waals surface area (Å²) >= 11 is 6.11. The van der Waals surface area contributed by atoms with E-state index in [9.17, 15) is 5.11 Å². The second kappa shape index (κ2) is 4.35. The van der Waals surface area contributed by atoms with Crippen molar-refractivity contribution in [3.8, 4) is 0 Å². The maximum Gasteiger partial charge on any atom is 0.152 e. The molecule has 0 amide bonds. The van der Waals surface area contributed by atoms with E-state index in [2.05, 4.69) is 4.98 Å². The van der Waals surface area contributed by atoms with E-state index in [4.69, 9.17) is 17.3 Å². The number of hydrogen-bond acceptors (Lipinski definition) is 3. The van der Waals surface area contributed by atoms with Crippen LogP contribution >= 0.6 is 11.6 Å². The molecule has 0 aromatic carbocycles. The standard InChI is InChI=1S/C11H18ClN3O/c1-2-15-7-14-10(12)9(15)11(13)5-3-8(16)4-6-11/h7-8,16H,2-6,13H2,1H3. The van der Waals surface area contributed by atoms with E-state index in [1.165, 1.54) is 0 Å². The first-order chi connectivity index (χ1) is 7.57. The van der Waals surface area contributed by atoms with Gasteiger partial charge in [0.25, 0.3) is 0 Å². The number of imidazole rings is 1. The predicted octanol–water partition coefficient (Wildman–Crippen LogP) is 1.65. The summed E-state index contributed by atoms with van der Waals surface area (Å²) in [5, 5.41) is 10.0. The van der Waals surface area contributed by atoms with Crippen LogP contribution < -0.4 is 5.73 Å². The summed E-state index contributed by atoms with van der Waals surface area (Å²) in [6.07, 6.45) is 4.52. The van der Waals surface area contributed by atoms with Gasteiger partial charge in [0, 0.05) is 6.54 Å². The van der Waals surface area contributed by atoms with Crippen molar-refractivity contribution in [2.45, 2.75) is 50.8 Å². The van der Waals surface area contributed by atoms with Crippen LogP contribution in [0.3, 0.4) is 0 Å². The van der Waals surface area contributed by atoms with Crippen molar-refractivity contribution in [3.05, 3.63) is 17.2 Å². The molecule has 1 aromatic heterocycles. The van der Waals surface area contributed by atoms with Crippen molar-refractivity contribution in [2.24, 2.45) is 5.73 Å². The Balaban J connectivity index is 2.31. The Morgan fingerprint density at radius 1 is 1.62 bits per heavy atom. The lowest BCUT2D eigenvalue weighted by Crippen LogP contribution is -2.43. The van der Waals surface area contributed by atoms with Gasteiger partial charge in [-0.3, -0.25) is 0 Å². The van der Waals surface area contributed by atoms with Crippen LogP contribution in [-0.4, -0.2) is 20.8 Å². The number of aliphatic hydroxyl groups excluding tert-OH is 1. The van der Waals surface area contributed by atoms with Crippen LogP contribution in [0, 0.1) is 0 Å². The molecule has 0 bridgehead atoms. The summed E-state index contributed by atoms with van der Waals surface area (Å²) in [5.41, 5.74) is 6.90. The van der Waals surface area contributed by atoms with Crippen LogP contribution in [0.1, 0.15) is 38.3 Å². The van der Waals surface area contributed by atoms with Crippen molar-refractivity contribution >= 4 is 11.6 Å². The fourth-order valence-corrected chi connectivity index (χ4v) is 2.78. The molecule has 0 unspecified atom stereocenters. The Hall–Kier alpha value is -0.580. The van der Waals surface area contributed by atoms with Gasteiger partial charge in [0.15, 0.2) is 5.15 Å². The third-order valence-corrected chi connectivity index (χ3v) is 3.73. The van der Waals surface area contributed by atoms with Gasteiger partial charge in [-0.25, -0.2) is 4.98 Å². The minimum atomic E-state index is -0.428. The van der Waals surface area contributed by atoms with Gasteiger partial charge < -0.3 is 15.4 Å². The Kier molecular flexibility index (Phi) is 3.24. The molecule has 16 heavy (non-hydrogen) atoms. The first kappa shape index (κ1) is 11.9. The number of aliphatic hydroxyl groups is 1. The summed E-state index contributed by atoms with van der Waals surface area (Å²) in [5.74, 6) is 0. The molecule has 0 saturated heterocycles. The highest BCUT2D eigenvalue weighted by molar-refractivity contribution is 6.30. The summed E-state index contributed by atoms with van der Waals surface area (Å²) in [4.78, 5) is 4.11. The number of aromatic nitrogens is 2. The second-order valence-corrected chi connectivity index (χ2v) is 4.92. The molecule has 2 rings (SSSR count). The molecular weight excluding hydrogens is 226 g/mol. The number of nitrogens with two attached hydrogens (primary N) is 1. The Bertz CT molecular complexity index is 369. The number of aryl methyl sites for hydroxylation is 1. The number of nitrogens with zero attached hydrogens (tertiary/aromatic N) is 2. The van der Waals surface area contributed by atoms with Crippen LogP contribution in [-0.2, 0) is 12.1 Å². The van der Waals surface area contributed by atoms with Gasteiger partial charge in [-0.15, -0.1) is 0 Å². The topological polar surface area (TPSA) is 64.1 Å². The van der Waals surface area contributed by atoms with E-state index in [0.717, 1.165) is 37.9 Å². The molecule has 0 radical (unpaired) electrons. The van der Waals surface area contributed by atoms with Crippen LogP contribution in [0.2, 0.25) is 5.15 Å². The lowest BCUT2D eigenvalue weighted by atomic mass is 9.79. The Morgan fingerprint density at radius 2 is 2.25 bits per heavy atom. The average Bonchev–Trinajstić information content (AvgIpc) is 2.65. The molecule has 1 aliphatic rings. The van der Waals surface area contributed by atoms with Gasteiger partial charge in [-0.2, -0.15) is 0 Å². The molecule has 4 nitrogen and oxygen atoms in total. The molecule has 0 aliphatic heterocycles. The lowest BCUT2D eigenvalue weighted by Gasteiger charge is -2.36. The maximum atomic E-state index is 9.52. The summed E-state index contributed by atoms with van der Waals surface area (Å²) < 4.78 is 2.00. The minimum absolute atomic E-state index is 0.214. The van der Waals surface area contributed by atoms with Gasteiger partial charge in [0.2, 0.25) is 0 Å². The third-order valence-electron chi connectivity index (χ3n) is 3.45. The predicted molar refractivity (Wildman–Crippen MR) is 63.3 cm³/mol. The van der Waals surface area contributed by atoms with Crippen molar-refractivity contribution in [3.63, 3.8) is 0 Å². The van der Waals surface area contributed by atoms with Gasteiger partial charge in [-0.05, 0) is 32.6 Å². The van der Waals surface area contributed by atoms with Crippen LogP contribution in [0.4, 0.5) is 0 Å². The molecule has 1 aromatic rings. The van der Waals surface area contributed by atoms with Gasteiger partial charge >= 0.3 is 0 Å². The van der Waals surface area contributed by atoms with Crippen LogP contribution in [0.5, 0.6) is 0 Å². The minimum Gasteiger partial charge on any atom is -0.393 e. The zero-order chi connectivity index (χ0) is 11.8. The van der Waals surface area contributed by atoms with Gasteiger partial charge in [0.05, 0.1) is 23.7 Å². The maximum absolute atomic E-state index is 9.52. The zero-order valence-corrected chi connectivity index (χ0v) is 10.2. The molecule has 1 heterocycles. The number of rotatable bonds is 2. The number of halogens is 1. The van der Waals surface area contributed by atoms with E-state index in [0.29, 0.717) is 5.15 Å². The quantitative estimate of drug-likeness (QED) is 0.830. The van der Waals surface area contributed by atoms with Crippen molar-refractivity contribution < 1.29 is 5.11 Å². The second-order valence-electron chi connectivity index (χ2n) is 4.56. The van der Waals surface area contributed by atoms with Crippen molar-refractivity contribution in [2.75, 3.05) is 0 Å². The van der Waals surface area contributed by atoms with E-state index in [-0.39, 0.29) is 6.10 Å². The van der Waals surface area contributed by atoms with E-state index in [1.54, 1.807) is 6.33 Å². The van der Waals surface area contributed by atoms with Crippen molar-refractivity contribution in [1.29, 1.82) is 0 Å². The lowest BCUT2D eigenvalue weighted by molar-refractivity contribution is 0.0945. The third kappa shape index (κ3) is 1.97. The average molecular weight is 244 g/mol. The first-order valence-electron chi connectivity index (χ1n) is 5.75. The SMILES string of the molecule is CCn1cnc(Cl)c1C1(N)CCC(O)CC1. The van der Waals surface area contributed by atoms with E-state index in [1.807, 2.05) is 11.5 Å². The summed E-state index contributed by atoms with van der Waals surface area (Å²) in [6.45, 7) is 2.86. The summed E-state index contributed by atoms with van der Waals surface area (Å²) in [6, 6.07) is 0. The van der Waals surface area contributed by atoms with Crippen molar-refractivity contribution in [1.82, 2.24) is 9.55 Å². The molecule has 5 heteroatoms. The monoisotopic (exact) mass is 243 g/mol. The highest BCUT2D eigenvalue weighted by atomic mass is 35.5. The fraction of sp³-hybridized carbons (Fsp3) is 0.727. The number of hydrogen-bond donors (Lipinski definition) is 2. The Labute approximate surface area is 100 Å². The molecule has 1 saturated carbocycles. The Morgan fingerprint density at radius 3 is 2.81 bits per heavy atom. The zero-order valence-electron chi connectivity index (χ0n) is 9.49. The largest absolute Gasteiger partial charge is 0.393 e. The fourth-order valence-electron chi connectivity index (χ4n) is 2.44. The van der Waals surface area contributed by atoms with E-state index >= 15 is 0 Å². The van der Waals surface area contributed by atoms with Crippen LogP contribution in [0.15, 0.2) is 6.33 Å². The van der Waals surface area contributed by atoms with E-state index < -0.39 is 5.54 Å². The normalized spacial score (nSPS) is 30.6. The molecule has 1 fully saturated rings. The smallest absolute Gasteiger partial charge is 0.152 e. The molecular formula is C11H18ClN3O. The van der Waals surface area contributed by atoms with Gasteiger partial charge in [-0.1, -0.05) is 11.6 Å². The highest BCUT2D eigenvalue weighted by Gasteiger charge is 2.36. The molecule has 0 atom stereocenters. The molecule has 90 valence electrons. The summed E-state index contributed by atoms with van der Waals surface area (Å²) in [7, 11) is 0. The van der Waals surface area contributed by atoms with Crippen LogP contribution in [0.25, 0.3) is 0 Å². The molecule has 3 N–H and O–H groups in total. The molecule has 1 aliphatic carbocycles. The highest BCUT2D eigenvalue weighted by Crippen LogP contribution is 2.37.